The quantitative estimate of drug-likeness (QED) is 0.422. The number of hydrogen-bond donors (Lipinski definition) is 2. The minimum absolute atomic E-state index is 0.160. The first-order valence-electron chi connectivity index (χ1n) is 10.2. The number of allylic oxidation sites excluding steroid dienone is 1. The highest BCUT2D eigenvalue weighted by Gasteiger charge is 2.34. The zero-order valence-electron chi connectivity index (χ0n) is 17.6. The molecule has 2 aromatic carbocycles. The number of nitrogens with zero attached hydrogens (tertiary/aromatic N) is 3. The van der Waals surface area contributed by atoms with Crippen molar-refractivity contribution in [1.82, 2.24) is 14.8 Å². The lowest BCUT2D eigenvalue weighted by molar-refractivity contribution is -0.113. The Morgan fingerprint density at radius 3 is 2.71 bits per heavy atom. The van der Waals surface area contributed by atoms with Crippen molar-refractivity contribution in [2.45, 2.75) is 38.4 Å². The second kappa shape index (κ2) is 9.28. The third-order valence-corrected chi connectivity index (χ3v) is 6.55. The lowest BCUT2D eigenvalue weighted by atomic mass is 9.95. The van der Waals surface area contributed by atoms with Crippen molar-refractivity contribution in [2.75, 3.05) is 16.4 Å². The molecule has 1 amide bonds. The van der Waals surface area contributed by atoms with Crippen molar-refractivity contribution in [1.29, 1.82) is 0 Å². The predicted octanol–water partition coefficient (Wildman–Crippen LogP) is 5.78. The Kier molecular flexibility index (Phi) is 6.48. The van der Waals surface area contributed by atoms with Gasteiger partial charge in [-0.3, -0.25) is 4.79 Å². The number of anilines is 2. The van der Waals surface area contributed by atoms with E-state index in [0.29, 0.717) is 16.7 Å². The summed E-state index contributed by atoms with van der Waals surface area (Å²) in [6.45, 7) is 6.05. The molecule has 0 saturated carbocycles. The van der Waals surface area contributed by atoms with Crippen LogP contribution in [0.2, 0.25) is 0 Å². The first kappa shape index (κ1) is 21.6. The molecule has 6 nitrogen and oxygen atoms in total. The van der Waals surface area contributed by atoms with Gasteiger partial charge in [0.2, 0.25) is 11.1 Å². The van der Waals surface area contributed by atoms with Crippen molar-refractivity contribution in [3.63, 3.8) is 0 Å². The molecule has 0 saturated heterocycles. The molecule has 4 rings (SSSR count). The number of aryl methyl sites for hydroxylation is 1. The molecule has 0 bridgehead atoms. The number of carbonyl (C=O) groups is 1. The smallest absolute Gasteiger partial charge is 0.255 e. The maximum atomic E-state index is 13.4. The summed E-state index contributed by atoms with van der Waals surface area (Å²) < 4.78 is 2.80. The molecule has 2 heterocycles. The van der Waals surface area contributed by atoms with Crippen molar-refractivity contribution < 1.29 is 4.79 Å². The molecule has 0 fully saturated rings. The van der Waals surface area contributed by atoms with Crippen LogP contribution in [0, 0.1) is 6.92 Å². The minimum Gasteiger partial charge on any atom is -0.328 e. The molecule has 1 unspecified atom stereocenters. The van der Waals surface area contributed by atoms with E-state index >= 15 is 0 Å². The second-order valence-corrected chi connectivity index (χ2v) is 9.43. The van der Waals surface area contributed by atoms with E-state index in [1.165, 1.54) is 0 Å². The van der Waals surface area contributed by atoms with E-state index in [4.69, 9.17) is 5.10 Å². The molecule has 0 radical (unpaired) electrons. The van der Waals surface area contributed by atoms with Gasteiger partial charge in [0.15, 0.2) is 0 Å². The van der Waals surface area contributed by atoms with Crippen LogP contribution in [0.15, 0.2) is 69.4 Å². The van der Waals surface area contributed by atoms with Crippen LogP contribution in [-0.2, 0) is 4.79 Å². The Hall–Kier alpha value is -2.58. The number of halogens is 1. The van der Waals surface area contributed by atoms with E-state index in [2.05, 4.69) is 38.5 Å². The molecule has 8 heteroatoms. The third-order valence-electron chi connectivity index (χ3n) is 4.97. The van der Waals surface area contributed by atoms with Crippen LogP contribution in [0.3, 0.4) is 0 Å². The highest BCUT2D eigenvalue weighted by molar-refractivity contribution is 9.10. The van der Waals surface area contributed by atoms with Crippen LogP contribution in [0.4, 0.5) is 11.6 Å². The van der Waals surface area contributed by atoms with Crippen molar-refractivity contribution in [3.8, 4) is 0 Å². The summed E-state index contributed by atoms with van der Waals surface area (Å²) in [5.74, 6) is 1.43. The molecule has 31 heavy (non-hydrogen) atoms. The summed E-state index contributed by atoms with van der Waals surface area (Å²) >= 11 is 5.12. The van der Waals surface area contributed by atoms with Crippen LogP contribution in [0.5, 0.6) is 0 Å². The molecule has 3 aromatic rings. The molecule has 160 valence electrons. The monoisotopic (exact) mass is 497 g/mol. The lowest BCUT2D eigenvalue weighted by Crippen LogP contribution is -2.31. The standard InChI is InChI=1S/C23H24BrN5OS/c1-4-12-31-23-27-22-25-15(3)19(21(30)26-18-7-5-6-14(2)13-18)20(29(22)28-23)16-8-10-17(24)11-9-16/h5-11,13,20H,4,12H2,1-3H3,(H,26,30)(H,25,27,28). The van der Waals surface area contributed by atoms with Gasteiger partial charge in [-0.05, 0) is 55.7 Å². The van der Waals surface area contributed by atoms with Crippen molar-refractivity contribution >= 4 is 45.2 Å². The van der Waals surface area contributed by atoms with E-state index in [-0.39, 0.29) is 11.9 Å². The number of hydrogen-bond acceptors (Lipinski definition) is 5. The van der Waals surface area contributed by atoms with Crippen LogP contribution >= 0.6 is 27.7 Å². The fraction of sp³-hybridized carbons (Fsp3) is 0.261. The average molecular weight is 498 g/mol. The Labute approximate surface area is 194 Å². The maximum absolute atomic E-state index is 13.4. The summed E-state index contributed by atoms with van der Waals surface area (Å²) in [6.07, 6.45) is 1.04. The van der Waals surface area contributed by atoms with Crippen LogP contribution in [-0.4, -0.2) is 26.4 Å². The Balaban J connectivity index is 1.75. The van der Waals surface area contributed by atoms with E-state index < -0.39 is 0 Å². The number of benzene rings is 2. The average Bonchev–Trinajstić information content (AvgIpc) is 3.14. The molecule has 1 atom stereocenters. The van der Waals surface area contributed by atoms with E-state index in [1.807, 2.05) is 67.1 Å². The number of fused-ring (bicyclic) bond motifs is 1. The van der Waals surface area contributed by atoms with E-state index in [9.17, 15) is 4.79 Å². The summed E-state index contributed by atoms with van der Waals surface area (Å²) in [7, 11) is 0. The molecule has 1 aliphatic heterocycles. The normalized spacial score (nSPS) is 15.4. The van der Waals surface area contributed by atoms with Gasteiger partial charge in [-0.2, -0.15) is 4.98 Å². The van der Waals surface area contributed by atoms with Gasteiger partial charge in [0, 0.05) is 21.6 Å². The number of amides is 1. The van der Waals surface area contributed by atoms with Crippen LogP contribution in [0.1, 0.15) is 37.4 Å². The zero-order chi connectivity index (χ0) is 22.0. The van der Waals surface area contributed by atoms with Gasteiger partial charge in [-0.1, -0.05) is 58.9 Å². The molecule has 0 aliphatic carbocycles. The maximum Gasteiger partial charge on any atom is 0.255 e. The van der Waals surface area contributed by atoms with Gasteiger partial charge in [-0.15, -0.1) is 5.10 Å². The number of nitrogens with one attached hydrogen (secondary N) is 2. The van der Waals surface area contributed by atoms with E-state index in [0.717, 1.165) is 39.2 Å². The van der Waals surface area contributed by atoms with Gasteiger partial charge in [-0.25, -0.2) is 4.68 Å². The van der Waals surface area contributed by atoms with Crippen molar-refractivity contribution in [3.05, 3.63) is 75.4 Å². The fourth-order valence-corrected chi connectivity index (χ4v) is 4.50. The van der Waals surface area contributed by atoms with Gasteiger partial charge >= 0.3 is 0 Å². The molecular weight excluding hydrogens is 474 g/mol. The highest BCUT2D eigenvalue weighted by Crippen LogP contribution is 2.37. The highest BCUT2D eigenvalue weighted by atomic mass is 79.9. The molecule has 0 spiro atoms. The predicted molar refractivity (Wildman–Crippen MR) is 129 cm³/mol. The van der Waals surface area contributed by atoms with Crippen LogP contribution in [0.25, 0.3) is 0 Å². The second-order valence-electron chi connectivity index (χ2n) is 7.45. The summed E-state index contributed by atoms with van der Waals surface area (Å²) in [5.41, 5.74) is 4.21. The molecule has 1 aromatic heterocycles. The number of carbonyl (C=O) groups excluding carboxylic acids is 1. The van der Waals surface area contributed by atoms with Crippen LogP contribution < -0.4 is 10.6 Å². The number of thioether (sulfide) groups is 1. The number of aromatic nitrogens is 3. The Bertz CT molecular complexity index is 1140. The summed E-state index contributed by atoms with van der Waals surface area (Å²) in [4.78, 5) is 18.1. The third kappa shape index (κ3) is 4.70. The molecular formula is C23H24BrN5OS. The summed E-state index contributed by atoms with van der Waals surface area (Å²) in [5, 5.41) is 11.8. The SMILES string of the molecule is CCCSc1nc2n(n1)C(c1ccc(Br)cc1)C(C(=O)Nc1cccc(C)c1)=C(C)N2. The van der Waals surface area contributed by atoms with Gasteiger partial charge in [0.25, 0.3) is 5.91 Å². The van der Waals surface area contributed by atoms with Crippen molar-refractivity contribution in [2.24, 2.45) is 0 Å². The first-order valence-corrected chi connectivity index (χ1v) is 11.9. The Morgan fingerprint density at radius 1 is 1.23 bits per heavy atom. The number of rotatable bonds is 6. The largest absolute Gasteiger partial charge is 0.328 e. The van der Waals surface area contributed by atoms with Gasteiger partial charge in [0.05, 0.1) is 5.57 Å². The van der Waals surface area contributed by atoms with Gasteiger partial charge in [0.1, 0.15) is 6.04 Å². The fourth-order valence-electron chi connectivity index (χ4n) is 3.55. The molecule has 2 N–H and O–H groups in total. The molecule has 1 aliphatic rings. The minimum atomic E-state index is -0.377. The zero-order valence-corrected chi connectivity index (χ0v) is 20.0. The summed E-state index contributed by atoms with van der Waals surface area (Å²) in [6, 6.07) is 15.4. The topological polar surface area (TPSA) is 71.8 Å². The van der Waals surface area contributed by atoms with Gasteiger partial charge < -0.3 is 10.6 Å². The lowest BCUT2D eigenvalue weighted by Gasteiger charge is -2.28. The Morgan fingerprint density at radius 2 is 2.00 bits per heavy atom. The van der Waals surface area contributed by atoms with E-state index in [1.54, 1.807) is 11.8 Å². The first-order chi connectivity index (χ1) is 15.0.